The number of amides is 2. The van der Waals surface area contributed by atoms with Crippen LogP contribution < -0.4 is 10.6 Å². The number of nitrogens with one attached hydrogen (secondary N) is 2. The highest BCUT2D eigenvalue weighted by Gasteiger charge is 2.07. The summed E-state index contributed by atoms with van der Waals surface area (Å²) in [5, 5.41) is 14.1. The summed E-state index contributed by atoms with van der Waals surface area (Å²) in [6.45, 7) is 2.58. The summed E-state index contributed by atoms with van der Waals surface area (Å²) in [6.07, 6.45) is 1.61. The summed E-state index contributed by atoms with van der Waals surface area (Å²) >= 11 is 0. The van der Waals surface area contributed by atoms with E-state index < -0.39 is 5.97 Å². The van der Waals surface area contributed by atoms with E-state index in [0.29, 0.717) is 18.7 Å². The zero-order chi connectivity index (χ0) is 16.4. The number of aryl methyl sites for hydroxylation is 1. The van der Waals surface area contributed by atoms with Crippen molar-refractivity contribution >= 4 is 23.5 Å². The van der Waals surface area contributed by atoms with Gasteiger partial charge in [0.2, 0.25) is 11.8 Å². The van der Waals surface area contributed by atoms with Crippen molar-refractivity contribution in [2.45, 2.75) is 39.0 Å². The number of hydrogen-bond acceptors (Lipinski definition) is 3. The third-order valence-corrected chi connectivity index (χ3v) is 2.99. The van der Waals surface area contributed by atoms with Gasteiger partial charge >= 0.3 is 5.97 Å². The van der Waals surface area contributed by atoms with Crippen molar-refractivity contribution in [3.05, 3.63) is 29.8 Å². The zero-order valence-electron chi connectivity index (χ0n) is 12.7. The summed E-state index contributed by atoms with van der Waals surface area (Å²) in [5.41, 5.74) is 1.46. The molecule has 0 fully saturated rings. The van der Waals surface area contributed by atoms with Crippen LogP contribution in [-0.2, 0) is 20.8 Å². The average molecular weight is 306 g/mol. The lowest BCUT2D eigenvalue weighted by atomic mass is 10.1. The topological polar surface area (TPSA) is 95.5 Å². The number of aliphatic carboxylic acids is 1. The van der Waals surface area contributed by atoms with Gasteiger partial charge in [0.15, 0.2) is 0 Å². The van der Waals surface area contributed by atoms with Gasteiger partial charge in [0.05, 0.1) is 0 Å². The molecular weight excluding hydrogens is 284 g/mol. The van der Waals surface area contributed by atoms with E-state index >= 15 is 0 Å². The molecule has 0 aliphatic heterocycles. The molecular formula is C16H22N2O4. The molecule has 1 rings (SSSR count). The first-order valence-electron chi connectivity index (χ1n) is 7.38. The number of carbonyl (C=O) groups is 3. The van der Waals surface area contributed by atoms with Crippen molar-refractivity contribution in [2.24, 2.45) is 0 Å². The Balaban J connectivity index is 2.42. The van der Waals surface area contributed by atoms with Gasteiger partial charge in [-0.1, -0.05) is 19.1 Å². The van der Waals surface area contributed by atoms with Crippen LogP contribution in [-0.4, -0.2) is 29.4 Å². The van der Waals surface area contributed by atoms with Gasteiger partial charge in [-0.15, -0.1) is 0 Å². The molecule has 0 saturated carbocycles. The fourth-order valence-corrected chi connectivity index (χ4v) is 1.86. The molecule has 120 valence electrons. The van der Waals surface area contributed by atoms with Crippen LogP contribution in [0.2, 0.25) is 0 Å². The maximum absolute atomic E-state index is 11.8. The Labute approximate surface area is 129 Å². The van der Waals surface area contributed by atoms with Gasteiger partial charge in [-0.05, 0) is 30.5 Å². The van der Waals surface area contributed by atoms with Crippen LogP contribution in [0, 0.1) is 0 Å². The van der Waals surface area contributed by atoms with E-state index in [0.717, 1.165) is 12.0 Å². The standard InChI is InChI=1S/C16H22N2O4/c1-2-10-17-14(19)7-8-15(20)18-13-5-3-4-12(11-13)6-9-16(21)22/h3-5,11H,2,6-10H2,1H3,(H,17,19)(H,18,20)(H,21,22). The maximum atomic E-state index is 11.8. The zero-order valence-corrected chi connectivity index (χ0v) is 12.7. The minimum Gasteiger partial charge on any atom is -0.481 e. The summed E-state index contributed by atoms with van der Waals surface area (Å²) in [5.74, 6) is -1.22. The monoisotopic (exact) mass is 306 g/mol. The lowest BCUT2D eigenvalue weighted by Crippen LogP contribution is -2.25. The molecule has 0 radical (unpaired) electrons. The fraction of sp³-hybridized carbons (Fsp3) is 0.438. The van der Waals surface area contributed by atoms with E-state index in [-0.39, 0.29) is 31.1 Å². The Hall–Kier alpha value is -2.37. The van der Waals surface area contributed by atoms with Crippen LogP contribution in [0.25, 0.3) is 0 Å². The van der Waals surface area contributed by atoms with Crippen molar-refractivity contribution in [1.29, 1.82) is 0 Å². The molecule has 6 heteroatoms. The number of hydrogen-bond donors (Lipinski definition) is 3. The van der Waals surface area contributed by atoms with Crippen LogP contribution in [0.3, 0.4) is 0 Å². The molecule has 1 aromatic carbocycles. The Kier molecular flexibility index (Phi) is 7.67. The molecule has 0 aliphatic rings. The smallest absolute Gasteiger partial charge is 0.303 e. The number of rotatable bonds is 9. The maximum Gasteiger partial charge on any atom is 0.303 e. The van der Waals surface area contributed by atoms with Gasteiger partial charge in [-0.25, -0.2) is 0 Å². The van der Waals surface area contributed by atoms with Gasteiger partial charge in [-0.3, -0.25) is 14.4 Å². The van der Waals surface area contributed by atoms with E-state index in [1.165, 1.54) is 0 Å². The second-order valence-corrected chi connectivity index (χ2v) is 4.99. The number of carboxylic acid groups (broad SMARTS) is 1. The highest BCUT2D eigenvalue weighted by atomic mass is 16.4. The Morgan fingerprint density at radius 3 is 2.50 bits per heavy atom. The summed E-state index contributed by atoms with van der Waals surface area (Å²) in [4.78, 5) is 33.7. The molecule has 0 saturated heterocycles. The third kappa shape index (κ3) is 7.42. The summed E-state index contributed by atoms with van der Waals surface area (Å²) < 4.78 is 0. The number of benzene rings is 1. The molecule has 1 aromatic rings. The molecule has 0 heterocycles. The lowest BCUT2D eigenvalue weighted by Gasteiger charge is -2.07. The largest absolute Gasteiger partial charge is 0.481 e. The van der Waals surface area contributed by atoms with E-state index in [1.54, 1.807) is 18.2 Å². The highest BCUT2D eigenvalue weighted by Crippen LogP contribution is 2.13. The van der Waals surface area contributed by atoms with Crippen molar-refractivity contribution < 1.29 is 19.5 Å². The molecule has 0 aromatic heterocycles. The second kappa shape index (κ2) is 9.55. The number of carbonyl (C=O) groups excluding carboxylic acids is 2. The van der Waals surface area contributed by atoms with Gasteiger partial charge < -0.3 is 15.7 Å². The SMILES string of the molecule is CCCNC(=O)CCC(=O)Nc1cccc(CCC(=O)O)c1. The third-order valence-electron chi connectivity index (χ3n) is 2.99. The Bertz CT molecular complexity index is 529. The molecule has 0 aliphatic carbocycles. The van der Waals surface area contributed by atoms with Crippen molar-refractivity contribution in [3.8, 4) is 0 Å². The molecule has 0 spiro atoms. The predicted molar refractivity (Wildman–Crippen MR) is 83.6 cm³/mol. The van der Waals surface area contributed by atoms with Crippen molar-refractivity contribution in [2.75, 3.05) is 11.9 Å². The minimum atomic E-state index is -0.854. The molecule has 0 bridgehead atoms. The predicted octanol–water partition coefficient (Wildman–Crippen LogP) is 1.95. The first-order valence-corrected chi connectivity index (χ1v) is 7.38. The quantitative estimate of drug-likeness (QED) is 0.650. The fourth-order valence-electron chi connectivity index (χ4n) is 1.86. The number of anilines is 1. The van der Waals surface area contributed by atoms with Crippen LogP contribution >= 0.6 is 0 Å². The summed E-state index contributed by atoms with van der Waals surface area (Å²) in [7, 11) is 0. The first kappa shape index (κ1) is 17.7. The summed E-state index contributed by atoms with van der Waals surface area (Å²) in [6, 6.07) is 7.06. The van der Waals surface area contributed by atoms with Crippen LogP contribution in [0.4, 0.5) is 5.69 Å². The van der Waals surface area contributed by atoms with Crippen LogP contribution in [0.5, 0.6) is 0 Å². The molecule has 0 unspecified atom stereocenters. The average Bonchev–Trinajstić information content (AvgIpc) is 2.49. The number of carboxylic acids is 1. The van der Waals surface area contributed by atoms with Gasteiger partial charge in [0.1, 0.15) is 0 Å². The van der Waals surface area contributed by atoms with E-state index in [4.69, 9.17) is 5.11 Å². The molecule has 3 N–H and O–H groups in total. The van der Waals surface area contributed by atoms with Crippen molar-refractivity contribution in [3.63, 3.8) is 0 Å². The van der Waals surface area contributed by atoms with Crippen LogP contribution in [0.1, 0.15) is 38.2 Å². The van der Waals surface area contributed by atoms with E-state index in [9.17, 15) is 14.4 Å². The lowest BCUT2D eigenvalue weighted by molar-refractivity contribution is -0.137. The second-order valence-electron chi connectivity index (χ2n) is 4.99. The highest BCUT2D eigenvalue weighted by molar-refractivity contribution is 5.93. The van der Waals surface area contributed by atoms with Gasteiger partial charge in [0.25, 0.3) is 0 Å². The molecule has 0 atom stereocenters. The minimum absolute atomic E-state index is 0.0506. The van der Waals surface area contributed by atoms with Gasteiger partial charge in [0, 0.05) is 31.5 Å². The van der Waals surface area contributed by atoms with Crippen molar-refractivity contribution in [1.82, 2.24) is 5.32 Å². The van der Waals surface area contributed by atoms with E-state index in [2.05, 4.69) is 10.6 Å². The molecule has 6 nitrogen and oxygen atoms in total. The van der Waals surface area contributed by atoms with Gasteiger partial charge in [-0.2, -0.15) is 0 Å². The Morgan fingerprint density at radius 2 is 1.82 bits per heavy atom. The first-order chi connectivity index (χ1) is 10.5. The molecule has 22 heavy (non-hydrogen) atoms. The Morgan fingerprint density at radius 1 is 1.09 bits per heavy atom. The normalized spacial score (nSPS) is 10.0. The molecule has 2 amide bonds. The van der Waals surface area contributed by atoms with Crippen LogP contribution in [0.15, 0.2) is 24.3 Å². The van der Waals surface area contributed by atoms with E-state index in [1.807, 2.05) is 13.0 Å².